The van der Waals surface area contributed by atoms with Crippen LogP contribution in [0.4, 0.5) is 13.6 Å². The van der Waals surface area contributed by atoms with E-state index in [-0.39, 0.29) is 29.3 Å². The fourth-order valence-electron chi connectivity index (χ4n) is 5.74. The van der Waals surface area contributed by atoms with Crippen LogP contribution in [0.5, 0.6) is 0 Å². The van der Waals surface area contributed by atoms with Crippen LogP contribution in [-0.4, -0.2) is 45.6 Å². The minimum Gasteiger partial charge on any atom is -0.444 e. The summed E-state index contributed by atoms with van der Waals surface area (Å²) in [7, 11) is 0. The first-order chi connectivity index (χ1) is 18.0. The van der Waals surface area contributed by atoms with Crippen LogP contribution in [0.25, 0.3) is 21.7 Å². The van der Waals surface area contributed by atoms with E-state index in [4.69, 9.17) is 4.74 Å². The molecule has 1 saturated carbocycles. The van der Waals surface area contributed by atoms with E-state index in [1.807, 2.05) is 0 Å². The number of halogens is 2. The van der Waals surface area contributed by atoms with Crippen molar-refractivity contribution < 1.29 is 23.1 Å². The van der Waals surface area contributed by atoms with Crippen LogP contribution in [-0.2, 0) is 16.0 Å². The normalized spacial score (nSPS) is 21.5. The van der Waals surface area contributed by atoms with E-state index < -0.39 is 46.9 Å². The predicted octanol–water partition coefficient (Wildman–Crippen LogP) is 4.30. The number of benzene rings is 2. The summed E-state index contributed by atoms with van der Waals surface area (Å²) < 4.78 is 33.4. The number of piperidine rings is 1. The van der Waals surface area contributed by atoms with Crippen molar-refractivity contribution in [2.75, 3.05) is 0 Å². The Hall–Kier alpha value is -4.00. The summed E-state index contributed by atoms with van der Waals surface area (Å²) in [5.41, 5.74) is -0.896. The Morgan fingerprint density at radius 3 is 2.63 bits per heavy atom. The number of hydrogen-bond acceptors (Lipinski definition) is 5. The number of hydrogen-bond donors (Lipinski definition) is 2. The van der Waals surface area contributed by atoms with Gasteiger partial charge in [0.05, 0.1) is 11.6 Å². The molecular weight excluding hydrogens is 494 g/mol. The molecule has 2 bridgehead atoms. The highest BCUT2D eigenvalue weighted by Gasteiger charge is 2.52. The van der Waals surface area contributed by atoms with Crippen molar-refractivity contribution in [3.05, 3.63) is 57.9 Å². The van der Waals surface area contributed by atoms with Crippen molar-refractivity contribution >= 4 is 33.7 Å². The van der Waals surface area contributed by atoms with Crippen LogP contribution < -0.4 is 10.9 Å². The number of aromatic amines is 1. The molecule has 2 fully saturated rings. The molecule has 2 aromatic carbocycles. The van der Waals surface area contributed by atoms with Crippen molar-refractivity contribution in [1.29, 1.82) is 5.26 Å². The summed E-state index contributed by atoms with van der Waals surface area (Å²) in [5.74, 6) is -2.59. The Kier molecular flexibility index (Phi) is 6.33. The summed E-state index contributed by atoms with van der Waals surface area (Å²) in [4.78, 5) is 42.8. The van der Waals surface area contributed by atoms with Crippen LogP contribution in [0.2, 0.25) is 0 Å². The van der Waals surface area contributed by atoms with Crippen LogP contribution in [0, 0.1) is 28.9 Å². The molecule has 8 nitrogen and oxygen atoms in total. The predicted molar refractivity (Wildman–Crippen MR) is 136 cm³/mol. The number of carbonyl (C=O) groups excluding carboxylic acids is 2. The van der Waals surface area contributed by atoms with Crippen molar-refractivity contribution in [1.82, 2.24) is 15.2 Å². The molecule has 2 aliphatic rings. The third kappa shape index (κ3) is 4.57. The SMILES string of the molecule is CC(C)(C)OC(=O)N1[C@@H]2CC[C@@H](C2)[C@H]1C(=O)NC(C#N)Cc1ccc2c(c1)c(=O)[nH]c1c(F)c(F)ccc12. The summed E-state index contributed by atoms with van der Waals surface area (Å²) in [5, 5.41) is 13.6. The highest BCUT2D eigenvalue weighted by Crippen LogP contribution is 2.43. The molecule has 1 aromatic heterocycles. The van der Waals surface area contributed by atoms with Gasteiger partial charge in [0.2, 0.25) is 5.91 Å². The summed E-state index contributed by atoms with van der Waals surface area (Å²) in [6.45, 7) is 5.31. The van der Waals surface area contributed by atoms with E-state index >= 15 is 0 Å². The van der Waals surface area contributed by atoms with Gasteiger partial charge in [-0.1, -0.05) is 12.1 Å². The quantitative estimate of drug-likeness (QED) is 0.496. The Morgan fingerprint density at radius 1 is 1.18 bits per heavy atom. The van der Waals surface area contributed by atoms with E-state index in [2.05, 4.69) is 16.4 Å². The van der Waals surface area contributed by atoms with Crippen LogP contribution in [0.15, 0.2) is 35.1 Å². The van der Waals surface area contributed by atoms with Gasteiger partial charge in [-0.3, -0.25) is 14.5 Å². The number of aromatic nitrogens is 1. The van der Waals surface area contributed by atoms with Gasteiger partial charge in [-0.25, -0.2) is 13.6 Å². The number of amides is 2. The second-order valence-corrected chi connectivity index (χ2v) is 11.1. The lowest BCUT2D eigenvalue weighted by atomic mass is 9.97. The maximum absolute atomic E-state index is 14.2. The van der Waals surface area contributed by atoms with Gasteiger partial charge in [0.15, 0.2) is 11.6 Å². The maximum Gasteiger partial charge on any atom is 0.411 e. The number of rotatable bonds is 4. The Labute approximate surface area is 217 Å². The molecule has 2 amide bonds. The van der Waals surface area contributed by atoms with Crippen LogP contribution in [0.3, 0.4) is 0 Å². The minimum atomic E-state index is -1.13. The van der Waals surface area contributed by atoms with E-state index in [9.17, 15) is 28.4 Å². The molecule has 10 heteroatoms. The maximum atomic E-state index is 14.2. The Bertz CT molecular complexity index is 1550. The van der Waals surface area contributed by atoms with Gasteiger partial charge in [0.25, 0.3) is 5.56 Å². The molecule has 3 aromatic rings. The number of fused-ring (bicyclic) bond motifs is 5. The molecule has 198 valence electrons. The fourth-order valence-corrected chi connectivity index (χ4v) is 5.74. The first-order valence-corrected chi connectivity index (χ1v) is 12.6. The van der Waals surface area contributed by atoms with Gasteiger partial charge < -0.3 is 15.0 Å². The Morgan fingerprint density at radius 2 is 1.92 bits per heavy atom. The number of nitrogens with zero attached hydrogens (tertiary/aromatic N) is 2. The third-order valence-corrected chi connectivity index (χ3v) is 7.32. The number of likely N-dealkylation sites (tertiary alicyclic amines) is 1. The lowest BCUT2D eigenvalue weighted by Crippen LogP contribution is -2.55. The monoisotopic (exact) mass is 522 g/mol. The zero-order valence-corrected chi connectivity index (χ0v) is 21.3. The number of ether oxygens (including phenoxy) is 1. The lowest BCUT2D eigenvalue weighted by Gasteiger charge is -2.35. The molecule has 38 heavy (non-hydrogen) atoms. The molecule has 4 atom stereocenters. The molecule has 1 unspecified atom stereocenters. The van der Waals surface area contributed by atoms with Crippen LogP contribution in [0.1, 0.15) is 45.6 Å². The number of nitrogens with one attached hydrogen (secondary N) is 2. The van der Waals surface area contributed by atoms with Gasteiger partial charge in [-0.15, -0.1) is 0 Å². The molecule has 1 aliphatic carbocycles. The number of nitriles is 1. The number of pyridine rings is 1. The number of H-pyrrole nitrogens is 1. The lowest BCUT2D eigenvalue weighted by molar-refractivity contribution is -0.128. The molecule has 2 heterocycles. The highest BCUT2D eigenvalue weighted by molar-refractivity contribution is 6.05. The van der Waals surface area contributed by atoms with Gasteiger partial charge in [-0.05, 0) is 75.1 Å². The summed E-state index contributed by atoms with van der Waals surface area (Å²) in [6, 6.07) is 7.69. The van der Waals surface area contributed by atoms with Gasteiger partial charge in [0, 0.05) is 23.2 Å². The Balaban J connectivity index is 1.37. The number of carbonyl (C=O) groups is 2. The standard InChI is InChI=1S/C28H28F2N4O4/c1-28(2,3)38-27(37)34-17-6-5-15(12-17)24(34)26(36)32-16(13-31)10-14-4-7-18-19-8-9-21(29)22(30)23(19)33-25(35)20(18)11-14/h4,7-9,11,15-17,24H,5-6,10,12H2,1-3H3,(H,32,36)(H,33,35)/t15-,16?,17+,24-/m0/s1. The third-order valence-electron chi connectivity index (χ3n) is 7.32. The van der Waals surface area contributed by atoms with E-state index in [1.165, 1.54) is 11.0 Å². The molecule has 1 aliphatic heterocycles. The molecule has 5 rings (SSSR count). The van der Waals surface area contributed by atoms with Crippen molar-refractivity contribution in [3.63, 3.8) is 0 Å². The van der Waals surface area contributed by atoms with Crippen molar-refractivity contribution in [2.45, 2.75) is 70.2 Å². The second-order valence-electron chi connectivity index (χ2n) is 11.1. The molecule has 2 N–H and O–H groups in total. The first kappa shape index (κ1) is 25.6. The second kappa shape index (κ2) is 9.39. The average molecular weight is 523 g/mol. The highest BCUT2D eigenvalue weighted by atomic mass is 19.2. The summed E-state index contributed by atoms with van der Waals surface area (Å²) in [6.07, 6.45) is 1.94. The van der Waals surface area contributed by atoms with E-state index in [1.54, 1.807) is 39.0 Å². The smallest absolute Gasteiger partial charge is 0.411 e. The largest absolute Gasteiger partial charge is 0.444 e. The average Bonchev–Trinajstić information content (AvgIpc) is 3.47. The summed E-state index contributed by atoms with van der Waals surface area (Å²) >= 11 is 0. The van der Waals surface area contributed by atoms with Gasteiger partial charge >= 0.3 is 6.09 Å². The van der Waals surface area contributed by atoms with E-state index in [0.29, 0.717) is 16.3 Å². The van der Waals surface area contributed by atoms with Crippen molar-refractivity contribution in [2.24, 2.45) is 5.92 Å². The topological polar surface area (TPSA) is 115 Å². The zero-order valence-electron chi connectivity index (χ0n) is 21.3. The van der Waals surface area contributed by atoms with Gasteiger partial charge in [0.1, 0.15) is 17.7 Å². The zero-order chi connectivity index (χ0) is 27.4. The fraction of sp³-hybridized carbons (Fsp3) is 0.429. The molecule has 1 saturated heterocycles. The first-order valence-electron chi connectivity index (χ1n) is 12.6. The van der Waals surface area contributed by atoms with Crippen molar-refractivity contribution in [3.8, 4) is 6.07 Å². The minimum absolute atomic E-state index is 0.00426. The molecule has 0 radical (unpaired) electrons. The molecular formula is C28H28F2N4O4. The molecule has 0 spiro atoms. The van der Waals surface area contributed by atoms with Gasteiger partial charge in [-0.2, -0.15) is 5.26 Å². The van der Waals surface area contributed by atoms with E-state index in [0.717, 1.165) is 25.3 Å². The van der Waals surface area contributed by atoms with Crippen LogP contribution >= 0.6 is 0 Å².